The molecule has 1 heterocycles. The van der Waals surface area contributed by atoms with E-state index >= 15 is 0 Å². The van der Waals surface area contributed by atoms with Crippen LogP contribution in [0.1, 0.15) is 32.6 Å². The molecule has 0 fully saturated rings. The quantitative estimate of drug-likeness (QED) is 0.455. The van der Waals surface area contributed by atoms with Crippen LogP contribution in [0, 0.1) is 6.92 Å². The van der Waals surface area contributed by atoms with Crippen LogP contribution >= 0.6 is 0 Å². The monoisotopic (exact) mass is 394 g/mol. The van der Waals surface area contributed by atoms with Gasteiger partial charge in [0.2, 0.25) is 5.78 Å². The van der Waals surface area contributed by atoms with Crippen LogP contribution in [-0.4, -0.2) is 5.78 Å². The Morgan fingerprint density at radius 3 is 2.50 bits per heavy atom. The van der Waals surface area contributed by atoms with E-state index in [9.17, 15) is 4.79 Å². The summed E-state index contributed by atoms with van der Waals surface area (Å²) in [6, 6.07) is 21.6. The molecule has 148 valence electrons. The lowest BCUT2D eigenvalue weighted by molar-refractivity contribution is 0.101. The summed E-state index contributed by atoms with van der Waals surface area (Å²) in [6.07, 6.45) is 7.28. The van der Waals surface area contributed by atoms with E-state index in [0.717, 1.165) is 22.3 Å². The van der Waals surface area contributed by atoms with Gasteiger partial charge in [-0.3, -0.25) is 4.79 Å². The number of carbonyl (C=O) groups excluding carboxylic acids is 1. The average molecular weight is 394 g/mol. The molecule has 0 spiro atoms. The fourth-order valence-corrected chi connectivity index (χ4v) is 3.30. The Labute approximate surface area is 176 Å². The van der Waals surface area contributed by atoms with Gasteiger partial charge in [0.1, 0.15) is 18.1 Å². The predicted octanol–water partition coefficient (Wildman–Crippen LogP) is 6.39. The molecule has 0 saturated heterocycles. The van der Waals surface area contributed by atoms with E-state index in [1.165, 1.54) is 0 Å². The SMILES string of the molecule is C=Cc1ccc(COc2cc(C)c3c(c2)O/C(=C\C=C\c2ccccc2)C3=O)cc1. The number of benzene rings is 3. The van der Waals surface area contributed by atoms with Gasteiger partial charge in [-0.1, -0.05) is 79.4 Å². The maximum atomic E-state index is 12.7. The largest absolute Gasteiger partial charge is 0.489 e. The van der Waals surface area contributed by atoms with Crippen molar-refractivity contribution in [3.63, 3.8) is 0 Å². The molecule has 1 aliphatic heterocycles. The minimum Gasteiger partial charge on any atom is -0.489 e. The molecule has 0 amide bonds. The number of rotatable bonds is 6. The Hall–Kier alpha value is -3.85. The highest BCUT2D eigenvalue weighted by Gasteiger charge is 2.29. The lowest BCUT2D eigenvalue weighted by atomic mass is 10.0. The van der Waals surface area contributed by atoms with E-state index in [4.69, 9.17) is 9.47 Å². The molecule has 3 aromatic rings. The second kappa shape index (κ2) is 8.66. The average Bonchev–Trinajstić information content (AvgIpc) is 3.09. The number of fused-ring (bicyclic) bond motifs is 1. The third-order valence-electron chi connectivity index (χ3n) is 4.90. The molecule has 3 aromatic carbocycles. The number of carbonyl (C=O) groups is 1. The topological polar surface area (TPSA) is 35.5 Å². The summed E-state index contributed by atoms with van der Waals surface area (Å²) in [7, 11) is 0. The molecule has 0 aromatic heterocycles. The van der Waals surface area contributed by atoms with E-state index in [0.29, 0.717) is 29.4 Å². The van der Waals surface area contributed by atoms with Gasteiger partial charge < -0.3 is 9.47 Å². The number of allylic oxidation sites excluding steroid dienone is 3. The zero-order valence-electron chi connectivity index (χ0n) is 16.8. The number of aryl methyl sites for hydroxylation is 1. The van der Waals surface area contributed by atoms with Crippen LogP contribution in [0.25, 0.3) is 12.2 Å². The fourth-order valence-electron chi connectivity index (χ4n) is 3.30. The number of ketones is 1. The standard InChI is InChI=1S/C27H22O3/c1-3-20-12-14-22(15-13-20)18-29-23-16-19(2)26-25(17-23)30-24(27(26)28)11-7-10-21-8-5-4-6-9-21/h3-17H,1,18H2,2H3/b10-7+,24-11-. The number of Topliss-reactive ketones (excluding diaryl/α,β-unsaturated/α-hetero) is 1. The summed E-state index contributed by atoms with van der Waals surface area (Å²) in [5.74, 6) is 1.42. The number of ether oxygens (including phenoxy) is 2. The molecule has 0 unspecified atom stereocenters. The normalized spacial score (nSPS) is 14.0. The molecule has 0 aliphatic carbocycles. The maximum Gasteiger partial charge on any atom is 0.232 e. The summed E-state index contributed by atoms with van der Waals surface area (Å²) in [5.41, 5.74) is 4.62. The van der Waals surface area contributed by atoms with Gasteiger partial charge in [-0.2, -0.15) is 0 Å². The second-order valence-electron chi connectivity index (χ2n) is 7.08. The Morgan fingerprint density at radius 1 is 1.00 bits per heavy atom. The van der Waals surface area contributed by atoms with Gasteiger partial charge in [0.05, 0.1) is 5.56 Å². The molecular weight excluding hydrogens is 372 g/mol. The summed E-state index contributed by atoms with van der Waals surface area (Å²) in [6.45, 7) is 6.10. The highest BCUT2D eigenvalue weighted by molar-refractivity contribution is 6.13. The molecule has 0 saturated carbocycles. The van der Waals surface area contributed by atoms with Crippen LogP contribution in [0.5, 0.6) is 11.5 Å². The van der Waals surface area contributed by atoms with Crippen LogP contribution in [0.2, 0.25) is 0 Å². The molecule has 0 atom stereocenters. The van der Waals surface area contributed by atoms with Gasteiger partial charge in [-0.05, 0) is 41.3 Å². The second-order valence-corrected chi connectivity index (χ2v) is 7.08. The van der Waals surface area contributed by atoms with Crippen LogP contribution in [0.3, 0.4) is 0 Å². The summed E-state index contributed by atoms with van der Waals surface area (Å²) >= 11 is 0. The predicted molar refractivity (Wildman–Crippen MR) is 121 cm³/mol. The fraction of sp³-hybridized carbons (Fsp3) is 0.0741. The van der Waals surface area contributed by atoms with Crippen LogP contribution in [0.15, 0.2) is 91.2 Å². The molecule has 0 N–H and O–H groups in total. The smallest absolute Gasteiger partial charge is 0.232 e. The zero-order valence-corrected chi connectivity index (χ0v) is 16.8. The summed E-state index contributed by atoms with van der Waals surface area (Å²) in [4.78, 5) is 12.7. The van der Waals surface area contributed by atoms with Gasteiger partial charge in [-0.15, -0.1) is 0 Å². The van der Waals surface area contributed by atoms with Crippen molar-refractivity contribution in [1.29, 1.82) is 0 Å². The van der Waals surface area contributed by atoms with Crippen molar-refractivity contribution in [3.05, 3.63) is 119 Å². The minimum absolute atomic E-state index is 0.105. The summed E-state index contributed by atoms with van der Waals surface area (Å²) < 4.78 is 11.8. The van der Waals surface area contributed by atoms with Gasteiger partial charge >= 0.3 is 0 Å². The Kier molecular flexibility index (Phi) is 5.62. The molecule has 30 heavy (non-hydrogen) atoms. The van der Waals surface area contributed by atoms with E-state index in [2.05, 4.69) is 6.58 Å². The van der Waals surface area contributed by atoms with E-state index < -0.39 is 0 Å². The minimum atomic E-state index is -0.105. The van der Waals surface area contributed by atoms with Crippen molar-refractivity contribution >= 4 is 17.9 Å². The van der Waals surface area contributed by atoms with Crippen LogP contribution in [0.4, 0.5) is 0 Å². The molecule has 3 nitrogen and oxygen atoms in total. The Balaban J connectivity index is 1.48. The first-order chi connectivity index (χ1) is 14.6. The van der Waals surface area contributed by atoms with E-state index in [1.54, 1.807) is 12.1 Å². The van der Waals surface area contributed by atoms with Crippen molar-refractivity contribution in [3.8, 4) is 11.5 Å². The van der Waals surface area contributed by atoms with Gasteiger partial charge in [0.15, 0.2) is 5.76 Å². The zero-order chi connectivity index (χ0) is 20.9. The lowest BCUT2D eigenvalue weighted by Crippen LogP contribution is -1.99. The highest BCUT2D eigenvalue weighted by atomic mass is 16.5. The molecule has 3 heteroatoms. The number of hydrogen-bond acceptors (Lipinski definition) is 3. The molecule has 0 bridgehead atoms. The van der Waals surface area contributed by atoms with Gasteiger partial charge in [0.25, 0.3) is 0 Å². The van der Waals surface area contributed by atoms with Gasteiger partial charge in [0, 0.05) is 6.07 Å². The first-order valence-corrected chi connectivity index (χ1v) is 9.79. The van der Waals surface area contributed by atoms with Crippen molar-refractivity contribution in [1.82, 2.24) is 0 Å². The lowest BCUT2D eigenvalue weighted by Gasteiger charge is -2.09. The van der Waals surface area contributed by atoms with E-state index in [-0.39, 0.29) is 5.78 Å². The van der Waals surface area contributed by atoms with Crippen molar-refractivity contribution in [2.75, 3.05) is 0 Å². The Morgan fingerprint density at radius 2 is 1.77 bits per heavy atom. The van der Waals surface area contributed by atoms with Crippen LogP contribution in [-0.2, 0) is 6.61 Å². The van der Waals surface area contributed by atoms with Gasteiger partial charge in [-0.25, -0.2) is 0 Å². The van der Waals surface area contributed by atoms with Crippen molar-refractivity contribution in [2.24, 2.45) is 0 Å². The third-order valence-corrected chi connectivity index (χ3v) is 4.90. The van der Waals surface area contributed by atoms with Crippen molar-refractivity contribution < 1.29 is 14.3 Å². The first kappa shape index (κ1) is 19.5. The first-order valence-electron chi connectivity index (χ1n) is 9.79. The number of hydrogen-bond donors (Lipinski definition) is 0. The maximum absolute atomic E-state index is 12.7. The molecule has 4 rings (SSSR count). The Bertz CT molecular complexity index is 1140. The van der Waals surface area contributed by atoms with Crippen molar-refractivity contribution in [2.45, 2.75) is 13.5 Å². The van der Waals surface area contributed by atoms with E-state index in [1.807, 2.05) is 85.8 Å². The van der Waals surface area contributed by atoms with Crippen LogP contribution < -0.4 is 9.47 Å². The summed E-state index contributed by atoms with van der Waals surface area (Å²) in [5, 5.41) is 0. The molecular formula is C27H22O3. The highest BCUT2D eigenvalue weighted by Crippen LogP contribution is 2.37. The molecule has 0 radical (unpaired) electrons. The molecule has 1 aliphatic rings. The third kappa shape index (κ3) is 4.26.